The van der Waals surface area contributed by atoms with Crippen LogP contribution in [-0.2, 0) is 13.1 Å². The summed E-state index contributed by atoms with van der Waals surface area (Å²) in [6.07, 6.45) is 3.68. The van der Waals surface area contributed by atoms with E-state index in [9.17, 15) is 4.79 Å². The average Bonchev–Trinajstić information content (AvgIpc) is 2.71. The predicted molar refractivity (Wildman–Crippen MR) is 108 cm³/mol. The van der Waals surface area contributed by atoms with Gasteiger partial charge in [0.05, 0.1) is 14.2 Å². The summed E-state index contributed by atoms with van der Waals surface area (Å²) in [5.41, 5.74) is 1.11. The first-order chi connectivity index (χ1) is 13.2. The number of guanidine groups is 1. The molecule has 7 heteroatoms. The molecule has 27 heavy (non-hydrogen) atoms. The maximum absolute atomic E-state index is 11.6. The van der Waals surface area contributed by atoms with Gasteiger partial charge in [-0.25, -0.2) is 0 Å². The molecule has 2 rings (SSSR count). The molecule has 0 aliphatic rings. The van der Waals surface area contributed by atoms with Crippen LogP contribution in [0.15, 0.2) is 52.4 Å². The number of aryl methyl sites for hydroxylation is 1. The molecule has 0 saturated heterocycles. The Hall–Kier alpha value is -2.96. The maximum atomic E-state index is 11.6. The first kappa shape index (κ1) is 20.4. The predicted octanol–water partition coefficient (Wildman–Crippen LogP) is 2.01. The first-order valence-electron chi connectivity index (χ1n) is 8.99. The second kappa shape index (κ2) is 10.9. The van der Waals surface area contributed by atoms with E-state index in [0.29, 0.717) is 18.0 Å². The van der Waals surface area contributed by atoms with Gasteiger partial charge in [0.1, 0.15) is 0 Å². The molecule has 0 fully saturated rings. The van der Waals surface area contributed by atoms with E-state index in [4.69, 9.17) is 9.47 Å². The van der Waals surface area contributed by atoms with Gasteiger partial charge < -0.3 is 24.7 Å². The Morgan fingerprint density at radius 3 is 2.59 bits per heavy atom. The molecule has 1 aromatic carbocycles. The molecular weight excluding hydrogens is 344 g/mol. The Labute approximate surface area is 160 Å². The van der Waals surface area contributed by atoms with Gasteiger partial charge in [-0.15, -0.1) is 0 Å². The molecule has 0 saturated carbocycles. The van der Waals surface area contributed by atoms with Crippen molar-refractivity contribution in [2.45, 2.75) is 25.9 Å². The quantitative estimate of drug-likeness (QED) is 0.400. The average molecular weight is 372 g/mol. The third kappa shape index (κ3) is 6.36. The molecule has 0 amide bonds. The second-order valence-electron chi connectivity index (χ2n) is 5.98. The number of benzene rings is 1. The number of hydrogen-bond acceptors (Lipinski definition) is 4. The molecule has 2 aromatic rings. The highest BCUT2D eigenvalue weighted by molar-refractivity contribution is 5.79. The molecule has 0 radical (unpaired) electrons. The van der Waals surface area contributed by atoms with Crippen molar-refractivity contribution in [3.63, 3.8) is 0 Å². The van der Waals surface area contributed by atoms with E-state index in [-0.39, 0.29) is 5.56 Å². The van der Waals surface area contributed by atoms with E-state index in [1.54, 1.807) is 38.0 Å². The van der Waals surface area contributed by atoms with Gasteiger partial charge in [0.15, 0.2) is 17.5 Å². The molecule has 2 N–H and O–H groups in total. The summed E-state index contributed by atoms with van der Waals surface area (Å²) in [7, 11) is 4.99. The Morgan fingerprint density at radius 2 is 1.89 bits per heavy atom. The number of ether oxygens (including phenoxy) is 2. The summed E-state index contributed by atoms with van der Waals surface area (Å²) in [6.45, 7) is 2.13. The normalized spacial score (nSPS) is 11.1. The fraction of sp³-hybridized carbons (Fsp3) is 0.400. The minimum atomic E-state index is 0.0397. The summed E-state index contributed by atoms with van der Waals surface area (Å²) < 4.78 is 12.3. The van der Waals surface area contributed by atoms with Crippen molar-refractivity contribution in [3.8, 4) is 11.5 Å². The van der Waals surface area contributed by atoms with Crippen LogP contribution in [0, 0.1) is 0 Å². The van der Waals surface area contributed by atoms with Gasteiger partial charge in [-0.05, 0) is 36.6 Å². The summed E-state index contributed by atoms with van der Waals surface area (Å²) in [5.74, 6) is 2.15. The molecule has 1 heterocycles. The lowest BCUT2D eigenvalue weighted by molar-refractivity contribution is 0.354. The monoisotopic (exact) mass is 372 g/mol. The van der Waals surface area contributed by atoms with Crippen LogP contribution in [0.2, 0.25) is 0 Å². The lowest BCUT2D eigenvalue weighted by Crippen LogP contribution is -2.37. The second-order valence-corrected chi connectivity index (χ2v) is 5.98. The van der Waals surface area contributed by atoms with Gasteiger partial charge in [-0.2, -0.15) is 0 Å². The van der Waals surface area contributed by atoms with E-state index in [2.05, 4.69) is 15.6 Å². The molecule has 0 bridgehead atoms. The topological polar surface area (TPSA) is 76.9 Å². The Bertz CT molecular complexity index is 802. The minimum absolute atomic E-state index is 0.0397. The third-order valence-electron chi connectivity index (χ3n) is 4.15. The van der Waals surface area contributed by atoms with Crippen molar-refractivity contribution >= 4 is 5.96 Å². The summed E-state index contributed by atoms with van der Waals surface area (Å²) >= 11 is 0. The van der Waals surface area contributed by atoms with Gasteiger partial charge in [0.2, 0.25) is 5.56 Å². The zero-order valence-corrected chi connectivity index (χ0v) is 16.2. The first-order valence-corrected chi connectivity index (χ1v) is 8.99. The maximum Gasteiger partial charge on any atom is 0.250 e. The zero-order chi connectivity index (χ0) is 19.5. The minimum Gasteiger partial charge on any atom is -0.493 e. The Morgan fingerprint density at radius 1 is 1.07 bits per heavy atom. The van der Waals surface area contributed by atoms with E-state index in [1.165, 1.54) is 0 Å². The van der Waals surface area contributed by atoms with Gasteiger partial charge in [-0.3, -0.25) is 9.79 Å². The third-order valence-corrected chi connectivity index (χ3v) is 4.15. The fourth-order valence-electron chi connectivity index (χ4n) is 2.66. The van der Waals surface area contributed by atoms with Gasteiger partial charge in [0.25, 0.3) is 0 Å². The standard InChI is InChI=1S/C20H28N4O3/c1-21-20(22-11-5-7-13-24-12-6-4-8-19(24)25)23-15-16-9-10-17(26-2)18(14-16)27-3/h4,6,8-10,12,14H,5,7,11,13,15H2,1-3H3,(H2,21,22,23). The molecule has 146 valence electrons. The largest absolute Gasteiger partial charge is 0.493 e. The number of methoxy groups -OCH3 is 2. The van der Waals surface area contributed by atoms with Crippen LogP contribution in [0.3, 0.4) is 0 Å². The van der Waals surface area contributed by atoms with E-state index in [1.807, 2.05) is 30.5 Å². The van der Waals surface area contributed by atoms with Crippen LogP contribution in [0.1, 0.15) is 18.4 Å². The number of pyridine rings is 1. The van der Waals surface area contributed by atoms with Crippen LogP contribution in [-0.4, -0.2) is 38.3 Å². The smallest absolute Gasteiger partial charge is 0.250 e. The van der Waals surface area contributed by atoms with Gasteiger partial charge in [-0.1, -0.05) is 12.1 Å². The van der Waals surface area contributed by atoms with Crippen LogP contribution in [0.4, 0.5) is 0 Å². The molecular formula is C20H28N4O3. The van der Waals surface area contributed by atoms with Crippen LogP contribution in [0.5, 0.6) is 11.5 Å². The van der Waals surface area contributed by atoms with E-state index >= 15 is 0 Å². The molecule has 0 aliphatic carbocycles. The SMILES string of the molecule is CN=C(NCCCCn1ccccc1=O)NCc1ccc(OC)c(OC)c1. The molecule has 1 aromatic heterocycles. The zero-order valence-electron chi connectivity index (χ0n) is 16.2. The van der Waals surface area contributed by atoms with E-state index in [0.717, 1.165) is 37.5 Å². The number of hydrogen-bond donors (Lipinski definition) is 2. The number of rotatable bonds is 9. The lowest BCUT2D eigenvalue weighted by atomic mass is 10.2. The summed E-state index contributed by atoms with van der Waals surface area (Å²) in [6, 6.07) is 11.0. The van der Waals surface area contributed by atoms with Crippen molar-refractivity contribution in [1.82, 2.24) is 15.2 Å². The van der Waals surface area contributed by atoms with Crippen molar-refractivity contribution in [3.05, 3.63) is 58.5 Å². The highest BCUT2D eigenvalue weighted by atomic mass is 16.5. The van der Waals surface area contributed by atoms with Gasteiger partial charge >= 0.3 is 0 Å². The summed E-state index contributed by atoms with van der Waals surface area (Å²) in [4.78, 5) is 15.9. The van der Waals surface area contributed by atoms with Crippen molar-refractivity contribution in [2.75, 3.05) is 27.8 Å². The van der Waals surface area contributed by atoms with Crippen molar-refractivity contribution in [2.24, 2.45) is 4.99 Å². The molecule has 0 atom stereocenters. The molecule has 7 nitrogen and oxygen atoms in total. The molecule has 0 spiro atoms. The number of nitrogens with zero attached hydrogens (tertiary/aromatic N) is 2. The van der Waals surface area contributed by atoms with E-state index < -0.39 is 0 Å². The lowest BCUT2D eigenvalue weighted by Gasteiger charge is -2.13. The van der Waals surface area contributed by atoms with Crippen LogP contribution in [0.25, 0.3) is 0 Å². The highest BCUT2D eigenvalue weighted by Gasteiger charge is 2.05. The fourth-order valence-corrected chi connectivity index (χ4v) is 2.66. The van der Waals surface area contributed by atoms with Crippen molar-refractivity contribution in [1.29, 1.82) is 0 Å². The Balaban J connectivity index is 1.73. The van der Waals surface area contributed by atoms with Crippen LogP contribution < -0.4 is 25.7 Å². The molecule has 0 aliphatic heterocycles. The number of aromatic nitrogens is 1. The molecule has 0 unspecified atom stereocenters. The van der Waals surface area contributed by atoms with Gasteiger partial charge in [0, 0.05) is 38.9 Å². The summed E-state index contributed by atoms with van der Waals surface area (Å²) in [5, 5.41) is 6.57. The van der Waals surface area contributed by atoms with Crippen LogP contribution >= 0.6 is 0 Å². The Kier molecular flexibility index (Phi) is 8.22. The number of unbranched alkanes of at least 4 members (excludes halogenated alkanes) is 1. The highest BCUT2D eigenvalue weighted by Crippen LogP contribution is 2.27. The van der Waals surface area contributed by atoms with Crippen molar-refractivity contribution < 1.29 is 9.47 Å². The number of aliphatic imine (C=N–C) groups is 1. The number of nitrogens with one attached hydrogen (secondary N) is 2.